The van der Waals surface area contributed by atoms with Gasteiger partial charge < -0.3 is 9.47 Å². The Morgan fingerprint density at radius 3 is 2.39 bits per heavy atom. The first kappa shape index (κ1) is 17.2. The van der Waals surface area contributed by atoms with Crippen LogP contribution in [-0.2, 0) is 11.3 Å². The summed E-state index contributed by atoms with van der Waals surface area (Å²) in [7, 11) is 0. The van der Waals surface area contributed by atoms with E-state index in [9.17, 15) is 9.59 Å². The predicted molar refractivity (Wildman–Crippen MR) is 90.9 cm³/mol. The van der Waals surface area contributed by atoms with Crippen molar-refractivity contribution in [2.24, 2.45) is 0 Å². The molecule has 0 saturated carbocycles. The maximum atomic E-state index is 12.2. The lowest BCUT2D eigenvalue weighted by atomic mass is 10.0. The highest BCUT2D eigenvalue weighted by atomic mass is 79.9. The van der Waals surface area contributed by atoms with Crippen molar-refractivity contribution < 1.29 is 19.1 Å². The van der Waals surface area contributed by atoms with Crippen molar-refractivity contribution in [3.8, 4) is 5.75 Å². The molecule has 0 aromatic heterocycles. The van der Waals surface area contributed by atoms with Crippen LogP contribution in [0.1, 0.15) is 40.1 Å². The van der Waals surface area contributed by atoms with Crippen molar-refractivity contribution in [1.29, 1.82) is 0 Å². The largest absolute Gasteiger partial charge is 0.488 e. The van der Waals surface area contributed by atoms with Crippen LogP contribution < -0.4 is 4.74 Å². The molecule has 23 heavy (non-hydrogen) atoms. The number of ketones is 1. The van der Waals surface area contributed by atoms with Crippen molar-refractivity contribution in [3.63, 3.8) is 0 Å². The second kappa shape index (κ2) is 7.92. The summed E-state index contributed by atoms with van der Waals surface area (Å²) in [6, 6.07) is 12.9. The second-order valence-corrected chi connectivity index (χ2v) is 5.64. The Kier molecular flexibility index (Phi) is 5.93. The third-order valence-electron chi connectivity index (χ3n) is 3.20. The van der Waals surface area contributed by atoms with Crippen molar-refractivity contribution >= 4 is 27.7 Å². The maximum Gasteiger partial charge on any atom is 0.340 e. The van der Waals surface area contributed by atoms with Gasteiger partial charge in [0.1, 0.15) is 12.4 Å². The number of hydrogen-bond donors (Lipinski definition) is 0. The highest BCUT2D eigenvalue weighted by molar-refractivity contribution is 9.10. The van der Waals surface area contributed by atoms with Gasteiger partial charge in [0.15, 0.2) is 5.78 Å². The number of carbonyl (C=O) groups excluding carboxylic acids is 2. The molecular weight excluding hydrogens is 360 g/mol. The average molecular weight is 377 g/mol. The molecule has 0 heterocycles. The first-order valence-electron chi connectivity index (χ1n) is 7.21. The van der Waals surface area contributed by atoms with Gasteiger partial charge in [0.2, 0.25) is 0 Å². The molecule has 0 bridgehead atoms. The van der Waals surface area contributed by atoms with Crippen LogP contribution in [0, 0.1) is 0 Å². The summed E-state index contributed by atoms with van der Waals surface area (Å²) in [5.41, 5.74) is 1.51. The number of rotatable bonds is 6. The predicted octanol–water partition coefficient (Wildman–Crippen LogP) is 4.41. The summed E-state index contributed by atoms with van der Waals surface area (Å²) in [5, 5.41) is 0. The number of benzene rings is 2. The van der Waals surface area contributed by atoms with Crippen LogP contribution >= 0.6 is 15.9 Å². The fourth-order valence-electron chi connectivity index (χ4n) is 2.10. The molecule has 0 N–H and O–H groups in total. The lowest BCUT2D eigenvalue weighted by molar-refractivity contribution is 0.0521. The van der Waals surface area contributed by atoms with Gasteiger partial charge in [-0.05, 0) is 47.5 Å². The smallest absolute Gasteiger partial charge is 0.340 e. The molecule has 0 aliphatic carbocycles. The molecule has 0 fully saturated rings. The molecule has 4 nitrogen and oxygen atoms in total. The molecule has 0 aliphatic heterocycles. The summed E-state index contributed by atoms with van der Waals surface area (Å²) in [4.78, 5) is 23.9. The lowest BCUT2D eigenvalue weighted by Gasteiger charge is -2.14. The molecule has 0 amide bonds. The molecular formula is C18H17BrO4. The number of ether oxygens (including phenoxy) is 2. The zero-order valence-corrected chi connectivity index (χ0v) is 14.6. The van der Waals surface area contributed by atoms with E-state index in [1.54, 1.807) is 19.1 Å². The molecule has 0 aliphatic rings. The molecule has 2 rings (SSSR count). The van der Waals surface area contributed by atoms with E-state index < -0.39 is 5.97 Å². The van der Waals surface area contributed by atoms with Gasteiger partial charge in [-0.3, -0.25) is 4.79 Å². The number of Topliss-reactive ketones (excluding diaryl/α,β-unsaturated/α-hetero) is 1. The van der Waals surface area contributed by atoms with E-state index in [1.807, 2.05) is 30.3 Å². The van der Waals surface area contributed by atoms with Gasteiger partial charge in [0, 0.05) is 5.56 Å². The topological polar surface area (TPSA) is 52.6 Å². The Morgan fingerprint density at radius 2 is 1.78 bits per heavy atom. The van der Waals surface area contributed by atoms with Crippen molar-refractivity contribution in [1.82, 2.24) is 0 Å². The molecule has 2 aromatic rings. The van der Waals surface area contributed by atoms with Crippen molar-refractivity contribution in [3.05, 3.63) is 63.6 Å². The van der Waals surface area contributed by atoms with Crippen LogP contribution in [0.4, 0.5) is 0 Å². The summed E-state index contributed by atoms with van der Waals surface area (Å²) in [5.74, 6) is -0.264. The standard InChI is InChI=1S/C18H17BrO4/c1-3-22-18(21)16-14(12(2)20)9-10-15(17(16)19)23-11-13-7-5-4-6-8-13/h4-10H,3,11H2,1-2H3. The molecule has 2 aromatic carbocycles. The Bertz CT molecular complexity index is 710. The summed E-state index contributed by atoms with van der Waals surface area (Å²) < 4.78 is 11.2. The van der Waals surface area contributed by atoms with Gasteiger partial charge in [-0.1, -0.05) is 30.3 Å². The molecule has 0 unspecified atom stereocenters. The first-order valence-corrected chi connectivity index (χ1v) is 8.01. The third-order valence-corrected chi connectivity index (χ3v) is 3.99. The molecule has 5 heteroatoms. The van der Waals surface area contributed by atoms with Crippen LogP contribution in [0.15, 0.2) is 46.9 Å². The number of hydrogen-bond acceptors (Lipinski definition) is 4. The van der Waals surface area contributed by atoms with Gasteiger partial charge in [0.05, 0.1) is 16.6 Å². The van der Waals surface area contributed by atoms with Gasteiger partial charge in [-0.2, -0.15) is 0 Å². The molecule has 0 spiro atoms. The number of halogens is 1. The molecule has 120 valence electrons. The minimum Gasteiger partial charge on any atom is -0.488 e. The van der Waals surface area contributed by atoms with Crippen molar-refractivity contribution in [2.75, 3.05) is 6.61 Å². The lowest BCUT2D eigenvalue weighted by Crippen LogP contribution is -2.12. The SMILES string of the molecule is CCOC(=O)c1c(C(C)=O)ccc(OCc2ccccc2)c1Br. The zero-order chi connectivity index (χ0) is 16.8. The van der Waals surface area contributed by atoms with Crippen LogP contribution in [0.5, 0.6) is 5.75 Å². The minimum atomic E-state index is -0.547. The number of carbonyl (C=O) groups is 2. The van der Waals surface area contributed by atoms with Crippen LogP contribution in [0.2, 0.25) is 0 Å². The van der Waals surface area contributed by atoms with Gasteiger partial charge in [0.25, 0.3) is 0 Å². The quantitative estimate of drug-likeness (QED) is 0.553. The van der Waals surface area contributed by atoms with Crippen LogP contribution in [0.25, 0.3) is 0 Å². The van der Waals surface area contributed by atoms with Crippen molar-refractivity contribution in [2.45, 2.75) is 20.5 Å². The first-order chi connectivity index (χ1) is 11.0. The van der Waals surface area contributed by atoms with Crippen LogP contribution in [0.3, 0.4) is 0 Å². The summed E-state index contributed by atoms with van der Waals surface area (Å²) in [6.45, 7) is 3.73. The molecule has 0 atom stereocenters. The maximum absolute atomic E-state index is 12.2. The normalized spacial score (nSPS) is 10.2. The van der Waals surface area contributed by atoms with E-state index in [-0.39, 0.29) is 18.0 Å². The van der Waals surface area contributed by atoms with Gasteiger partial charge in [-0.25, -0.2) is 4.79 Å². The summed E-state index contributed by atoms with van der Waals surface area (Å²) >= 11 is 3.37. The highest BCUT2D eigenvalue weighted by Crippen LogP contribution is 2.32. The molecule has 0 radical (unpaired) electrons. The monoisotopic (exact) mass is 376 g/mol. The number of esters is 1. The fraction of sp³-hybridized carbons (Fsp3) is 0.222. The van der Waals surface area contributed by atoms with E-state index in [0.29, 0.717) is 22.4 Å². The van der Waals surface area contributed by atoms with Gasteiger partial charge >= 0.3 is 5.97 Å². The Hall–Kier alpha value is -2.14. The third kappa shape index (κ3) is 4.20. The van der Waals surface area contributed by atoms with Crippen LogP contribution in [-0.4, -0.2) is 18.4 Å². The fourth-order valence-corrected chi connectivity index (χ4v) is 2.72. The highest BCUT2D eigenvalue weighted by Gasteiger charge is 2.22. The van der Waals surface area contributed by atoms with Gasteiger partial charge in [-0.15, -0.1) is 0 Å². The van der Waals surface area contributed by atoms with E-state index in [1.165, 1.54) is 6.92 Å². The minimum absolute atomic E-state index is 0.199. The Labute approximate surface area is 143 Å². The second-order valence-electron chi connectivity index (χ2n) is 4.85. The van der Waals surface area contributed by atoms with E-state index >= 15 is 0 Å². The molecule has 0 saturated heterocycles. The average Bonchev–Trinajstić information content (AvgIpc) is 2.54. The van der Waals surface area contributed by atoms with E-state index in [2.05, 4.69) is 15.9 Å². The zero-order valence-electron chi connectivity index (χ0n) is 13.0. The van der Waals surface area contributed by atoms with E-state index in [0.717, 1.165) is 5.56 Å². The Morgan fingerprint density at radius 1 is 1.09 bits per heavy atom. The Balaban J connectivity index is 2.32. The summed E-state index contributed by atoms with van der Waals surface area (Å²) in [6.07, 6.45) is 0. The van der Waals surface area contributed by atoms with E-state index in [4.69, 9.17) is 9.47 Å².